The lowest BCUT2D eigenvalue weighted by Crippen LogP contribution is -2.50. The number of benzene rings is 3. The lowest BCUT2D eigenvalue weighted by molar-refractivity contribution is 0.198. The minimum Gasteiger partial charge on any atom is -0.497 e. The van der Waals surface area contributed by atoms with Crippen molar-refractivity contribution < 1.29 is 14.3 Å². The third-order valence-electron chi connectivity index (χ3n) is 6.25. The third kappa shape index (κ3) is 3.55. The van der Waals surface area contributed by atoms with Gasteiger partial charge in [-0.2, -0.15) is 0 Å². The maximum absolute atomic E-state index is 13.7. The van der Waals surface area contributed by atoms with Gasteiger partial charge in [0.1, 0.15) is 11.5 Å². The number of carbonyl (C=O) groups excluding carboxylic acids is 1. The number of carbonyl (C=O) groups is 1. The molecule has 5 rings (SSSR count). The second kappa shape index (κ2) is 8.50. The van der Waals surface area contributed by atoms with E-state index < -0.39 is 0 Å². The summed E-state index contributed by atoms with van der Waals surface area (Å²) in [6.45, 7) is 2.46. The van der Waals surface area contributed by atoms with E-state index in [4.69, 9.17) is 9.47 Å². The highest BCUT2D eigenvalue weighted by atomic mass is 16.5. The van der Waals surface area contributed by atoms with Gasteiger partial charge in [-0.1, -0.05) is 24.3 Å². The number of fused-ring (bicyclic) bond motifs is 2. The fraction of sp³-hybridized carbons (Fsp3) is 0.231. The molecule has 0 saturated carbocycles. The van der Waals surface area contributed by atoms with Crippen molar-refractivity contribution in [2.24, 2.45) is 0 Å². The average Bonchev–Trinajstić information content (AvgIpc) is 2.88. The van der Waals surface area contributed by atoms with Crippen LogP contribution in [0.3, 0.4) is 0 Å². The SMILES string of the molecule is COc1ccc(N2CCN(C(=O)n3c4ccccc4c(=O)c4ccccc43)CC2)c(OC)c1. The molecule has 1 aromatic heterocycles. The summed E-state index contributed by atoms with van der Waals surface area (Å²) in [6, 6.07) is 20.2. The van der Waals surface area contributed by atoms with Crippen molar-refractivity contribution in [3.05, 3.63) is 77.0 Å². The van der Waals surface area contributed by atoms with Crippen LogP contribution >= 0.6 is 0 Å². The van der Waals surface area contributed by atoms with Crippen molar-refractivity contribution in [1.29, 1.82) is 0 Å². The molecule has 7 nitrogen and oxygen atoms in total. The standard InChI is InChI=1S/C26H25N3O4/c1-32-18-11-12-23(24(17-18)33-2)27-13-15-28(16-14-27)26(31)29-21-9-5-3-7-19(21)25(30)20-8-4-6-10-22(20)29/h3-12,17H,13-16H2,1-2H3. The molecule has 0 spiro atoms. The van der Waals surface area contributed by atoms with Crippen LogP contribution in [0.1, 0.15) is 0 Å². The maximum atomic E-state index is 13.7. The van der Waals surface area contributed by atoms with Crippen molar-refractivity contribution in [1.82, 2.24) is 9.47 Å². The van der Waals surface area contributed by atoms with Gasteiger partial charge in [0.25, 0.3) is 0 Å². The molecular weight excluding hydrogens is 418 g/mol. The molecular formula is C26H25N3O4. The number of hydrogen-bond acceptors (Lipinski definition) is 5. The summed E-state index contributed by atoms with van der Waals surface area (Å²) >= 11 is 0. The first kappa shape index (κ1) is 20.9. The monoisotopic (exact) mass is 443 g/mol. The Bertz CT molecular complexity index is 1340. The van der Waals surface area contributed by atoms with Crippen LogP contribution in [0.25, 0.3) is 21.8 Å². The van der Waals surface area contributed by atoms with Gasteiger partial charge in [0, 0.05) is 43.0 Å². The summed E-state index contributed by atoms with van der Waals surface area (Å²) in [5, 5.41) is 1.09. The zero-order valence-electron chi connectivity index (χ0n) is 18.7. The van der Waals surface area contributed by atoms with Gasteiger partial charge >= 0.3 is 6.03 Å². The van der Waals surface area contributed by atoms with Crippen molar-refractivity contribution in [2.45, 2.75) is 0 Å². The quantitative estimate of drug-likeness (QED) is 0.449. The second-order valence-electron chi connectivity index (χ2n) is 7.99. The predicted octanol–water partition coefficient (Wildman–Crippen LogP) is 3.96. The summed E-state index contributed by atoms with van der Waals surface area (Å²) in [5.74, 6) is 1.48. The second-order valence-corrected chi connectivity index (χ2v) is 7.99. The number of pyridine rings is 1. The smallest absolute Gasteiger partial charge is 0.329 e. The topological polar surface area (TPSA) is 64.0 Å². The highest BCUT2D eigenvalue weighted by molar-refractivity contribution is 6.02. The lowest BCUT2D eigenvalue weighted by Gasteiger charge is -2.37. The highest BCUT2D eigenvalue weighted by Crippen LogP contribution is 2.33. The number of rotatable bonds is 3. The van der Waals surface area contributed by atoms with Gasteiger partial charge in [-0.25, -0.2) is 4.79 Å². The van der Waals surface area contributed by atoms with Gasteiger partial charge in [-0.05, 0) is 36.4 Å². The summed E-state index contributed by atoms with van der Waals surface area (Å²) in [4.78, 5) is 30.8. The molecule has 0 N–H and O–H groups in total. The van der Waals surface area contributed by atoms with E-state index in [0.717, 1.165) is 17.2 Å². The van der Waals surface area contributed by atoms with Gasteiger partial charge in [0.2, 0.25) is 0 Å². The Hall–Kier alpha value is -4.00. The van der Waals surface area contributed by atoms with E-state index in [-0.39, 0.29) is 11.5 Å². The van der Waals surface area contributed by atoms with Gasteiger partial charge in [0.05, 0.1) is 30.9 Å². The third-order valence-corrected chi connectivity index (χ3v) is 6.25. The van der Waals surface area contributed by atoms with E-state index in [0.29, 0.717) is 48.0 Å². The van der Waals surface area contributed by atoms with Crippen molar-refractivity contribution in [3.63, 3.8) is 0 Å². The Balaban J connectivity index is 1.47. The zero-order chi connectivity index (χ0) is 22.9. The summed E-state index contributed by atoms with van der Waals surface area (Å²) in [7, 11) is 3.27. The number of anilines is 1. The molecule has 1 fully saturated rings. The van der Waals surface area contributed by atoms with Gasteiger partial charge in [-0.15, -0.1) is 0 Å². The first-order valence-corrected chi connectivity index (χ1v) is 10.9. The maximum Gasteiger partial charge on any atom is 0.329 e. The molecule has 2 heterocycles. The zero-order valence-corrected chi connectivity index (χ0v) is 18.7. The molecule has 1 saturated heterocycles. The Morgan fingerprint density at radius 3 is 1.97 bits per heavy atom. The number of para-hydroxylation sites is 2. The van der Waals surface area contributed by atoms with E-state index in [1.807, 2.05) is 59.5 Å². The largest absolute Gasteiger partial charge is 0.497 e. The van der Waals surface area contributed by atoms with Crippen LogP contribution in [-0.4, -0.2) is 55.9 Å². The number of hydrogen-bond donors (Lipinski definition) is 0. The van der Waals surface area contributed by atoms with Crippen molar-refractivity contribution in [3.8, 4) is 11.5 Å². The van der Waals surface area contributed by atoms with Crippen LogP contribution in [0.5, 0.6) is 11.5 Å². The molecule has 7 heteroatoms. The fourth-order valence-electron chi connectivity index (χ4n) is 4.53. The molecule has 0 atom stereocenters. The number of piperazine rings is 1. The minimum absolute atomic E-state index is 0.0540. The summed E-state index contributed by atoms with van der Waals surface area (Å²) in [5.41, 5.74) is 2.18. The van der Waals surface area contributed by atoms with Gasteiger partial charge < -0.3 is 19.3 Å². The van der Waals surface area contributed by atoms with Crippen molar-refractivity contribution in [2.75, 3.05) is 45.3 Å². The Kier molecular flexibility index (Phi) is 5.38. The van der Waals surface area contributed by atoms with Gasteiger partial charge in [0.15, 0.2) is 5.43 Å². The van der Waals surface area contributed by atoms with E-state index in [9.17, 15) is 9.59 Å². The number of nitrogens with zero attached hydrogens (tertiary/aromatic N) is 3. The molecule has 0 unspecified atom stereocenters. The highest BCUT2D eigenvalue weighted by Gasteiger charge is 2.26. The van der Waals surface area contributed by atoms with E-state index in [1.165, 1.54) is 0 Å². The van der Waals surface area contributed by atoms with E-state index >= 15 is 0 Å². The number of amides is 1. The first-order valence-electron chi connectivity index (χ1n) is 10.9. The Morgan fingerprint density at radius 1 is 0.788 bits per heavy atom. The number of ether oxygens (including phenoxy) is 2. The molecule has 4 aromatic rings. The average molecular weight is 444 g/mol. The van der Waals surface area contributed by atoms with Crippen LogP contribution in [0, 0.1) is 0 Å². The first-order chi connectivity index (χ1) is 16.1. The predicted molar refractivity (Wildman–Crippen MR) is 130 cm³/mol. The molecule has 168 valence electrons. The fourth-order valence-corrected chi connectivity index (χ4v) is 4.53. The van der Waals surface area contributed by atoms with Crippen molar-refractivity contribution >= 4 is 33.5 Å². The van der Waals surface area contributed by atoms with Crippen LogP contribution in [0.15, 0.2) is 71.5 Å². The molecule has 33 heavy (non-hydrogen) atoms. The molecule has 0 bridgehead atoms. The summed E-state index contributed by atoms with van der Waals surface area (Å²) in [6.07, 6.45) is 0. The molecule has 1 aliphatic rings. The molecule has 0 aliphatic carbocycles. The van der Waals surface area contributed by atoms with Crippen LogP contribution in [0.4, 0.5) is 10.5 Å². The minimum atomic E-state index is -0.122. The van der Waals surface area contributed by atoms with E-state index in [2.05, 4.69) is 4.90 Å². The molecule has 0 radical (unpaired) electrons. The Labute approximate surface area is 191 Å². The normalized spacial score (nSPS) is 14.0. The van der Waals surface area contributed by atoms with Crippen LogP contribution in [-0.2, 0) is 0 Å². The van der Waals surface area contributed by atoms with Crippen LogP contribution in [0.2, 0.25) is 0 Å². The number of methoxy groups -OCH3 is 2. The molecule has 1 amide bonds. The van der Waals surface area contributed by atoms with E-state index in [1.54, 1.807) is 30.9 Å². The molecule has 1 aliphatic heterocycles. The lowest BCUT2D eigenvalue weighted by atomic mass is 10.1. The number of aromatic nitrogens is 1. The molecule has 3 aromatic carbocycles. The summed E-state index contributed by atoms with van der Waals surface area (Å²) < 4.78 is 12.5. The Morgan fingerprint density at radius 2 is 1.39 bits per heavy atom. The van der Waals surface area contributed by atoms with Gasteiger partial charge in [-0.3, -0.25) is 9.36 Å². The van der Waals surface area contributed by atoms with Crippen LogP contribution < -0.4 is 19.8 Å².